The van der Waals surface area contributed by atoms with E-state index in [0.29, 0.717) is 25.3 Å². The molecule has 1 aliphatic rings. The first-order valence-corrected chi connectivity index (χ1v) is 11.9. The zero-order valence-electron chi connectivity index (χ0n) is 20.4. The van der Waals surface area contributed by atoms with E-state index in [9.17, 15) is 9.18 Å². The van der Waals surface area contributed by atoms with Crippen LogP contribution in [-0.4, -0.2) is 22.8 Å². The van der Waals surface area contributed by atoms with Gasteiger partial charge in [-0.25, -0.2) is 4.39 Å². The Hall–Kier alpha value is -3.86. The lowest BCUT2D eigenvalue weighted by Crippen LogP contribution is -2.43. The van der Waals surface area contributed by atoms with E-state index in [1.807, 2.05) is 60.5 Å². The van der Waals surface area contributed by atoms with Crippen LogP contribution in [-0.2, 0) is 23.4 Å². The zero-order valence-corrected chi connectivity index (χ0v) is 20.4. The number of nitrogens with zero attached hydrogens (tertiary/aromatic N) is 2. The van der Waals surface area contributed by atoms with Crippen LogP contribution < -0.4 is 5.32 Å². The molecule has 1 amide bonds. The summed E-state index contributed by atoms with van der Waals surface area (Å²) in [6, 6.07) is 24.4. The van der Waals surface area contributed by atoms with Crippen LogP contribution in [0.3, 0.4) is 0 Å². The average molecular weight is 470 g/mol. The Labute approximate surface area is 207 Å². The largest absolute Gasteiger partial charge is 0.370 e. The van der Waals surface area contributed by atoms with E-state index in [1.54, 1.807) is 17.0 Å². The first-order valence-electron chi connectivity index (χ1n) is 11.9. The molecule has 0 bridgehead atoms. The number of rotatable bonds is 9. The van der Waals surface area contributed by atoms with Crippen LogP contribution >= 0.6 is 0 Å². The van der Waals surface area contributed by atoms with Crippen LogP contribution in [0.2, 0.25) is 0 Å². The zero-order chi connectivity index (χ0) is 25.0. The predicted octanol–water partition coefficient (Wildman–Crippen LogP) is 6.03. The fourth-order valence-corrected chi connectivity index (χ4v) is 4.71. The van der Waals surface area contributed by atoms with Gasteiger partial charge in [0.25, 0.3) is 5.91 Å². The Balaban J connectivity index is 1.52. The topological polar surface area (TPSA) is 35.6 Å². The van der Waals surface area contributed by atoms with Crippen molar-refractivity contribution in [2.75, 3.05) is 7.05 Å². The molecule has 0 aromatic heterocycles. The van der Waals surface area contributed by atoms with Crippen molar-refractivity contribution in [1.82, 2.24) is 15.1 Å². The maximum absolute atomic E-state index is 13.7. The minimum Gasteiger partial charge on any atom is -0.370 e. The van der Waals surface area contributed by atoms with Crippen molar-refractivity contribution in [1.29, 1.82) is 0 Å². The summed E-state index contributed by atoms with van der Waals surface area (Å²) in [6.07, 6.45) is 1.56. The molecule has 1 saturated heterocycles. The Morgan fingerprint density at radius 2 is 1.74 bits per heavy atom. The van der Waals surface area contributed by atoms with Crippen LogP contribution in [0.4, 0.5) is 4.39 Å². The molecule has 3 aromatic carbocycles. The Bertz CT molecular complexity index is 1220. The van der Waals surface area contributed by atoms with Crippen LogP contribution in [0.1, 0.15) is 42.0 Å². The van der Waals surface area contributed by atoms with Crippen LogP contribution in [0.15, 0.2) is 97.8 Å². The lowest BCUT2D eigenvalue weighted by Gasteiger charge is -2.27. The van der Waals surface area contributed by atoms with E-state index in [4.69, 9.17) is 0 Å². The monoisotopic (exact) mass is 469 g/mol. The SMILES string of the molecule is C=C(c1cccc(CN2C(=C)NC(CCC)(c3ccccc3)C2=O)c1)N(C)Cc1ccc(F)cc1. The molecule has 0 saturated carbocycles. The molecule has 1 unspecified atom stereocenters. The summed E-state index contributed by atoms with van der Waals surface area (Å²) >= 11 is 0. The number of amides is 1. The van der Waals surface area contributed by atoms with Gasteiger partial charge < -0.3 is 10.2 Å². The highest BCUT2D eigenvalue weighted by Gasteiger charge is 2.48. The highest BCUT2D eigenvalue weighted by molar-refractivity contribution is 5.92. The number of nitrogens with one attached hydrogen (secondary N) is 1. The van der Waals surface area contributed by atoms with Crippen molar-refractivity contribution in [3.63, 3.8) is 0 Å². The second-order valence-electron chi connectivity index (χ2n) is 9.11. The molecule has 1 aliphatic heterocycles. The molecule has 1 N–H and O–H groups in total. The molecule has 5 heteroatoms. The highest BCUT2D eigenvalue weighted by atomic mass is 19.1. The van der Waals surface area contributed by atoms with Crippen molar-refractivity contribution >= 4 is 11.6 Å². The fourth-order valence-electron chi connectivity index (χ4n) is 4.71. The van der Waals surface area contributed by atoms with E-state index in [1.165, 1.54) is 12.1 Å². The molecule has 3 aromatic rings. The maximum Gasteiger partial charge on any atom is 0.258 e. The first kappa shape index (κ1) is 24.3. The third kappa shape index (κ3) is 4.99. The number of hydrogen-bond donors (Lipinski definition) is 1. The summed E-state index contributed by atoms with van der Waals surface area (Å²) in [6.45, 7) is 11.6. The molecular weight excluding hydrogens is 437 g/mol. The lowest BCUT2D eigenvalue weighted by molar-refractivity contribution is -0.132. The molecule has 0 aliphatic carbocycles. The third-order valence-electron chi connectivity index (χ3n) is 6.58. The summed E-state index contributed by atoms with van der Waals surface area (Å²) in [5.41, 5.74) is 3.99. The highest BCUT2D eigenvalue weighted by Crippen LogP contribution is 2.37. The number of halogens is 1. The molecule has 35 heavy (non-hydrogen) atoms. The minimum atomic E-state index is -0.788. The van der Waals surface area contributed by atoms with Gasteiger partial charge in [-0.2, -0.15) is 0 Å². The van der Waals surface area contributed by atoms with E-state index >= 15 is 0 Å². The van der Waals surface area contributed by atoms with Gasteiger partial charge in [0.05, 0.1) is 6.54 Å². The van der Waals surface area contributed by atoms with Crippen molar-refractivity contribution in [3.8, 4) is 0 Å². The summed E-state index contributed by atoms with van der Waals surface area (Å²) in [5.74, 6) is 0.392. The van der Waals surface area contributed by atoms with E-state index in [-0.39, 0.29) is 11.7 Å². The standard InChI is InChI=1S/C30H32FN3O/c1-5-18-30(27-12-7-6-8-13-27)29(35)34(23(3)32-30)21-25-10-9-11-26(19-25)22(2)33(4)20-24-14-16-28(31)17-15-24/h6-17,19,32H,2-3,5,18,20-21H2,1,4H3. The van der Waals surface area contributed by atoms with Gasteiger partial charge in [0.1, 0.15) is 17.2 Å². The second-order valence-corrected chi connectivity index (χ2v) is 9.11. The van der Waals surface area contributed by atoms with Crippen LogP contribution in [0.5, 0.6) is 0 Å². The van der Waals surface area contributed by atoms with Crippen molar-refractivity contribution < 1.29 is 9.18 Å². The second kappa shape index (κ2) is 10.2. The van der Waals surface area contributed by atoms with Crippen LogP contribution in [0, 0.1) is 5.82 Å². The first-order chi connectivity index (χ1) is 16.8. The molecule has 4 nitrogen and oxygen atoms in total. The van der Waals surface area contributed by atoms with Gasteiger partial charge >= 0.3 is 0 Å². The van der Waals surface area contributed by atoms with E-state index in [0.717, 1.165) is 34.4 Å². The normalized spacial score (nSPS) is 17.4. The van der Waals surface area contributed by atoms with Gasteiger partial charge in [0.15, 0.2) is 0 Å². The Kier molecular flexibility index (Phi) is 7.06. The van der Waals surface area contributed by atoms with Gasteiger partial charge in [-0.1, -0.05) is 87.2 Å². The quantitative estimate of drug-likeness (QED) is 0.416. The molecule has 180 valence electrons. The summed E-state index contributed by atoms with van der Waals surface area (Å²) in [4.78, 5) is 17.5. The predicted molar refractivity (Wildman–Crippen MR) is 139 cm³/mol. The van der Waals surface area contributed by atoms with Gasteiger partial charge in [-0.15, -0.1) is 0 Å². The van der Waals surface area contributed by atoms with Crippen molar-refractivity contribution in [3.05, 3.63) is 126 Å². The van der Waals surface area contributed by atoms with Crippen molar-refractivity contribution in [2.24, 2.45) is 0 Å². The van der Waals surface area contributed by atoms with Gasteiger partial charge in [-0.05, 0) is 46.9 Å². The van der Waals surface area contributed by atoms with Gasteiger partial charge in [0.2, 0.25) is 0 Å². The van der Waals surface area contributed by atoms with E-state index in [2.05, 4.69) is 31.5 Å². The van der Waals surface area contributed by atoms with Crippen LogP contribution in [0.25, 0.3) is 5.70 Å². The lowest BCUT2D eigenvalue weighted by atomic mass is 9.85. The molecule has 0 spiro atoms. The fraction of sp³-hybridized carbons (Fsp3) is 0.233. The van der Waals surface area contributed by atoms with Crippen molar-refractivity contribution in [2.45, 2.75) is 38.4 Å². The number of benzene rings is 3. The maximum atomic E-state index is 13.7. The summed E-state index contributed by atoms with van der Waals surface area (Å²) in [7, 11) is 1.97. The van der Waals surface area contributed by atoms with E-state index < -0.39 is 5.54 Å². The number of hydrogen-bond acceptors (Lipinski definition) is 3. The molecule has 1 heterocycles. The molecule has 1 fully saturated rings. The number of carbonyl (C=O) groups is 1. The molecular formula is C30H32FN3O. The smallest absolute Gasteiger partial charge is 0.258 e. The average Bonchev–Trinajstić information content (AvgIpc) is 3.11. The summed E-state index contributed by atoms with van der Waals surface area (Å²) in [5, 5.41) is 3.42. The van der Waals surface area contributed by atoms with Gasteiger partial charge in [-0.3, -0.25) is 9.69 Å². The summed E-state index contributed by atoms with van der Waals surface area (Å²) < 4.78 is 13.2. The molecule has 0 radical (unpaired) electrons. The van der Waals surface area contributed by atoms with Gasteiger partial charge in [0, 0.05) is 19.3 Å². The Morgan fingerprint density at radius 1 is 1.03 bits per heavy atom. The third-order valence-corrected chi connectivity index (χ3v) is 6.58. The number of carbonyl (C=O) groups excluding carboxylic acids is 1. The Morgan fingerprint density at radius 3 is 2.43 bits per heavy atom. The minimum absolute atomic E-state index is 0.0215. The molecule has 4 rings (SSSR count). The molecule has 1 atom stereocenters.